The third-order valence-corrected chi connectivity index (χ3v) is 6.04. The quantitative estimate of drug-likeness (QED) is 0.510. The molecule has 1 heterocycles. The number of carbonyl (C=O) groups excluding carboxylic acids is 2. The lowest BCUT2D eigenvalue weighted by molar-refractivity contribution is 0.0599. The summed E-state index contributed by atoms with van der Waals surface area (Å²) in [5.41, 5.74) is 1.09. The summed E-state index contributed by atoms with van der Waals surface area (Å²) >= 11 is 3.19. The molecule has 2 aromatic carbocycles. The number of aromatic nitrogens is 1. The number of hydrogen-bond donors (Lipinski definition) is 2. The second kappa shape index (κ2) is 9.06. The largest absolute Gasteiger partial charge is 0.465 e. The van der Waals surface area contributed by atoms with Crippen LogP contribution in [0.3, 0.4) is 0 Å². The molecule has 10 heteroatoms. The Kier molecular flexibility index (Phi) is 6.48. The molecule has 8 nitrogen and oxygen atoms in total. The minimum absolute atomic E-state index is 0.0749. The number of carbonyl (C=O) groups is 2. The molecule has 3 rings (SSSR count). The monoisotopic (exact) mass is 489 g/mol. The Hall–Kier alpha value is -3.24. The molecule has 0 unspecified atom stereocenters. The zero-order valence-corrected chi connectivity index (χ0v) is 18.0. The highest BCUT2D eigenvalue weighted by Gasteiger charge is 2.19. The minimum atomic E-state index is -4.01. The van der Waals surface area contributed by atoms with Gasteiger partial charge in [0.15, 0.2) is 0 Å². The van der Waals surface area contributed by atoms with Crippen molar-refractivity contribution in [1.82, 2.24) is 4.98 Å². The Morgan fingerprint density at radius 3 is 2.43 bits per heavy atom. The van der Waals surface area contributed by atoms with Gasteiger partial charge >= 0.3 is 5.97 Å². The SMILES string of the molecule is COC(=O)c1cc(S(=O)(=O)Nc2cccc(C(=O)Nc3ccncc3)c2)ccc1Br. The predicted octanol–water partition coefficient (Wildman–Crippen LogP) is 3.68. The number of amides is 1. The number of hydrogen-bond acceptors (Lipinski definition) is 6. The number of sulfonamides is 1. The molecule has 0 fully saturated rings. The highest BCUT2D eigenvalue weighted by atomic mass is 79.9. The zero-order valence-electron chi connectivity index (χ0n) is 15.6. The molecule has 2 N–H and O–H groups in total. The summed E-state index contributed by atoms with van der Waals surface area (Å²) < 4.78 is 33.0. The van der Waals surface area contributed by atoms with Crippen LogP contribution in [0.5, 0.6) is 0 Å². The molecule has 1 amide bonds. The first kappa shape index (κ1) is 21.5. The van der Waals surface area contributed by atoms with E-state index in [0.717, 1.165) is 0 Å². The highest BCUT2D eigenvalue weighted by molar-refractivity contribution is 9.10. The average molecular weight is 490 g/mol. The maximum absolute atomic E-state index is 12.8. The fraction of sp³-hybridized carbons (Fsp3) is 0.0500. The van der Waals surface area contributed by atoms with Gasteiger partial charge in [-0.1, -0.05) is 6.07 Å². The number of rotatable bonds is 6. The molecular weight excluding hydrogens is 474 g/mol. The smallest absolute Gasteiger partial charge is 0.339 e. The van der Waals surface area contributed by atoms with Crippen LogP contribution in [-0.4, -0.2) is 32.4 Å². The van der Waals surface area contributed by atoms with E-state index < -0.39 is 21.9 Å². The van der Waals surface area contributed by atoms with Crippen molar-refractivity contribution in [2.24, 2.45) is 0 Å². The van der Waals surface area contributed by atoms with Crippen molar-refractivity contribution in [2.45, 2.75) is 4.90 Å². The molecule has 0 bridgehead atoms. The number of pyridine rings is 1. The summed E-state index contributed by atoms with van der Waals surface area (Å²) in [6.07, 6.45) is 3.09. The topological polar surface area (TPSA) is 114 Å². The van der Waals surface area contributed by atoms with Crippen LogP contribution in [0.4, 0.5) is 11.4 Å². The molecule has 0 aliphatic rings. The van der Waals surface area contributed by atoms with E-state index >= 15 is 0 Å². The molecule has 0 aliphatic carbocycles. The first-order valence-electron chi connectivity index (χ1n) is 8.52. The van der Waals surface area contributed by atoms with Crippen molar-refractivity contribution < 1.29 is 22.7 Å². The first-order valence-corrected chi connectivity index (χ1v) is 10.8. The Labute approximate surface area is 181 Å². The van der Waals surface area contributed by atoms with Crippen LogP contribution in [-0.2, 0) is 14.8 Å². The summed E-state index contributed by atoms with van der Waals surface area (Å²) in [5, 5.41) is 2.70. The van der Waals surface area contributed by atoms with Gasteiger partial charge in [-0.15, -0.1) is 0 Å². The van der Waals surface area contributed by atoms with E-state index in [2.05, 4.69) is 35.7 Å². The molecule has 30 heavy (non-hydrogen) atoms. The van der Waals surface area contributed by atoms with Gasteiger partial charge < -0.3 is 10.1 Å². The van der Waals surface area contributed by atoms with Gasteiger partial charge in [-0.25, -0.2) is 13.2 Å². The van der Waals surface area contributed by atoms with Gasteiger partial charge in [0.2, 0.25) is 0 Å². The Bertz CT molecular complexity index is 1200. The molecule has 0 saturated carbocycles. The predicted molar refractivity (Wildman–Crippen MR) is 115 cm³/mol. The Morgan fingerprint density at radius 1 is 1.00 bits per heavy atom. The molecule has 1 aromatic heterocycles. The number of halogens is 1. The van der Waals surface area contributed by atoms with E-state index in [9.17, 15) is 18.0 Å². The van der Waals surface area contributed by atoms with Crippen molar-refractivity contribution in [3.8, 4) is 0 Å². The van der Waals surface area contributed by atoms with Crippen LogP contribution in [0, 0.1) is 0 Å². The van der Waals surface area contributed by atoms with E-state index in [1.54, 1.807) is 36.7 Å². The number of anilines is 2. The van der Waals surface area contributed by atoms with Crippen molar-refractivity contribution in [2.75, 3.05) is 17.1 Å². The molecule has 0 spiro atoms. The van der Waals surface area contributed by atoms with Crippen LogP contribution < -0.4 is 10.0 Å². The Balaban J connectivity index is 1.83. The lowest BCUT2D eigenvalue weighted by atomic mass is 10.2. The van der Waals surface area contributed by atoms with Crippen LogP contribution in [0.15, 0.2) is 76.4 Å². The van der Waals surface area contributed by atoms with Crippen molar-refractivity contribution in [3.63, 3.8) is 0 Å². The van der Waals surface area contributed by atoms with Gasteiger partial charge in [-0.2, -0.15) is 0 Å². The maximum Gasteiger partial charge on any atom is 0.339 e. The fourth-order valence-electron chi connectivity index (χ4n) is 2.51. The lowest BCUT2D eigenvalue weighted by Gasteiger charge is -2.11. The Morgan fingerprint density at radius 2 is 1.73 bits per heavy atom. The number of ether oxygens (including phenoxy) is 1. The van der Waals surface area contributed by atoms with E-state index in [4.69, 9.17) is 0 Å². The van der Waals surface area contributed by atoms with Crippen LogP contribution in [0.25, 0.3) is 0 Å². The number of methoxy groups -OCH3 is 1. The normalized spacial score (nSPS) is 10.9. The summed E-state index contributed by atoms with van der Waals surface area (Å²) in [6, 6.07) is 13.3. The zero-order chi connectivity index (χ0) is 21.7. The molecular formula is C20H16BrN3O5S. The van der Waals surface area contributed by atoms with Gasteiger partial charge in [0, 0.05) is 33.8 Å². The van der Waals surface area contributed by atoms with Crippen LogP contribution in [0.2, 0.25) is 0 Å². The first-order chi connectivity index (χ1) is 14.3. The number of benzene rings is 2. The van der Waals surface area contributed by atoms with Crippen LogP contribution in [0.1, 0.15) is 20.7 Å². The van der Waals surface area contributed by atoms with E-state index in [-0.39, 0.29) is 21.7 Å². The number of esters is 1. The third kappa shape index (κ3) is 5.02. The second-order valence-corrected chi connectivity index (χ2v) is 8.55. The van der Waals surface area contributed by atoms with Gasteiger partial charge in [-0.05, 0) is 64.5 Å². The van der Waals surface area contributed by atoms with Gasteiger partial charge in [0.25, 0.3) is 15.9 Å². The van der Waals surface area contributed by atoms with E-state index in [1.807, 2.05) is 0 Å². The summed E-state index contributed by atoms with van der Waals surface area (Å²) in [5.74, 6) is -1.08. The van der Waals surface area contributed by atoms with Gasteiger partial charge in [0.1, 0.15) is 0 Å². The average Bonchev–Trinajstić information content (AvgIpc) is 2.74. The highest BCUT2D eigenvalue weighted by Crippen LogP contribution is 2.24. The molecule has 0 saturated heterocycles. The molecule has 3 aromatic rings. The van der Waals surface area contributed by atoms with E-state index in [0.29, 0.717) is 10.2 Å². The lowest BCUT2D eigenvalue weighted by Crippen LogP contribution is -2.16. The molecule has 154 valence electrons. The van der Waals surface area contributed by atoms with Crippen molar-refractivity contribution >= 4 is 49.2 Å². The van der Waals surface area contributed by atoms with Crippen LogP contribution >= 0.6 is 15.9 Å². The minimum Gasteiger partial charge on any atom is -0.465 e. The fourth-order valence-corrected chi connectivity index (χ4v) is 4.00. The van der Waals surface area contributed by atoms with Crippen molar-refractivity contribution in [1.29, 1.82) is 0 Å². The second-order valence-electron chi connectivity index (χ2n) is 6.01. The standard InChI is InChI=1S/C20H16BrN3O5S/c1-29-20(26)17-12-16(5-6-18(17)21)30(27,28)24-15-4-2-3-13(11-15)19(25)23-14-7-9-22-10-8-14/h2-12,24H,1H3,(H,22,23,25). The molecule has 0 aliphatic heterocycles. The van der Waals surface area contributed by atoms with E-state index in [1.165, 1.54) is 37.4 Å². The van der Waals surface area contributed by atoms with Gasteiger partial charge in [-0.3, -0.25) is 14.5 Å². The number of nitrogens with one attached hydrogen (secondary N) is 2. The molecule has 0 atom stereocenters. The summed E-state index contributed by atoms with van der Waals surface area (Å²) in [7, 11) is -2.81. The number of nitrogens with zero attached hydrogens (tertiary/aromatic N) is 1. The maximum atomic E-state index is 12.8. The third-order valence-electron chi connectivity index (χ3n) is 3.97. The van der Waals surface area contributed by atoms with Gasteiger partial charge in [0.05, 0.1) is 17.6 Å². The van der Waals surface area contributed by atoms with Crippen molar-refractivity contribution in [3.05, 3.63) is 82.6 Å². The summed E-state index contributed by atoms with van der Waals surface area (Å²) in [6.45, 7) is 0. The summed E-state index contributed by atoms with van der Waals surface area (Å²) in [4.78, 5) is 28.0. The molecule has 0 radical (unpaired) electrons.